The molecule has 6 heteroatoms. The van der Waals surface area contributed by atoms with Crippen LogP contribution in [0.3, 0.4) is 0 Å². The van der Waals surface area contributed by atoms with E-state index in [9.17, 15) is 4.79 Å². The number of carbonyl (C=O) groups is 1. The van der Waals surface area contributed by atoms with Crippen LogP contribution < -0.4 is 10.1 Å². The molecule has 0 bridgehead atoms. The molecule has 0 radical (unpaired) electrons. The van der Waals surface area contributed by atoms with Gasteiger partial charge in [0, 0.05) is 5.38 Å². The van der Waals surface area contributed by atoms with Crippen LogP contribution in [0.4, 0.5) is 5.69 Å². The lowest BCUT2D eigenvalue weighted by Crippen LogP contribution is -2.13. The van der Waals surface area contributed by atoms with Gasteiger partial charge in [-0.15, -0.1) is 11.3 Å². The number of para-hydroxylation sites is 2. The molecule has 0 aliphatic carbocycles. The zero-order chi connectivity index (χ0) is 13.7. The second-order valence-corrected chi connectivity index (χ2v) is 4.71. The third-order valence-corrected chi connectivity index (χ3v) is 3.05. The zero-order valence-corrected chi connectivity index (χ0v) is 11.0. The molecule has 5 nitrogen and oxygen atoms in total. The standard InChI is InChI=1S/C13H11N3O2S/c1-9-15-11(8-19-9)13(17)16-10-4-2-3-5-12(10)18-7-6-14/h2-5,8H,7H2,1H3,(H,16,17). The summed E-state index contributed by atoms with van der Waals surface area (Å²) in [5.41, 5.74) is 0.894. The molecule has 0 saturated heterocycles. The second kappa shape index (κ2) is 5.98. The number of ether oxygens (including phenoxy) is 1. The zero-order valence-electron chi connectivity index (χ0n) is 10.2. The van der Waals surface area contributed by atoms with E-state index in [4.69, 9.17) is 10.00 Å². The topological polar surface area (TPSA) is 75.0 Å². The van der Waals surface area contributed by atoms with E-state index in [1.165, 1.54) is 11.3 Å². The highest BCUT2D eigenvalue weighted by Gasteiger charge is 2.12. The number of hydrogen-bond donors (Lipinski definition) is 1. The fourth-order valence-electron chi connectivity index (χ4n) is 1.46. The molecule has 2 rings (SSSR count). The van der Waals surface area contributed by atoms with Crippen LogP contribution in [0.1, 0.15) is 15.5 Å². The first-order valence-electron chi connectivity index (χ1n) is 5.53. The van der Waals surface area contributed by atoms with Crippen LogP contribution in [0.25, 0.3) is 0 Å². The van der Waals surface area contributed by atoms with Gasteiger partial charge in [0.1, 0.15) is 17.5 Å². The molecular formula is C13H11N3O2S. The van der Waals surface area contributed by atoms with Crippen LogP contribution in [-0.2, 0) is 0 Å². The number of thiazole rings is 1. The molecule has 96 valence electrons. The molecule has 1 amide bonds. The Kier molecular flexibility index (Phi) is 4.11. The van der Waals surface area contributed by atoms with Gasteiger partial charge in [-0.05, 0) is 19.1 Å². The smallest absolute Gasteiger partial charge is 0.275 e. The maximum atomic E-state index is 12.0. The van der Waals surface area contributed by atoms with E-state index in [0.717, 1.165) is 5.01 Å². The van der Waals surface area contributed by atoms with Gasteiger partial charge in [0.2, 0.25) is 0 Å². The first-order valence-corrected chi connectivity index (χ1v) is 6.41. The van der Waals surface area contributed by atoms with E-state index in [2.05, 4.69) is 10.3 Å². The lowest BCUT2D eigenvalue weighted by Gasteiger charge is -2.09. The van der Waals surface area contributed by atoms with E-state index in [1.54, 1.807) is 29.6 Å². The molecule has 1 heterocycles. The summed E-state index contributed by atoms with van der Waals surface area (Å²) in [6.45, 7) is 1.77. The van der Waals surface area contributed by atoms with Gasteiger partial charge >= 0.3 is 0 Å². The molecule has 1 N–H and O–H groups in total. The number of nitrogens with zero attached hydrogens (tertiary/aromatic N) is 2. The SMILES string of the molecule is Cc1nc(C(=O)Nc2ccccc2OCC#N)cs1. The molecule has 0 atom stereocenters. The molecular weight excluding hydrogens is 262 g/mol. The maximum absolute atomic E-state index is 12.0. The predicted molar refractivity (Wildman–Crippen MR) is 72.4 cm³/mol. The van der Waals surface area contributed by atoms with E-state index >= 15 is 0 Å². The van der Waals surface area contributed by atoms with Gasteiger partial charge in [0.05, 0.1) is 10.7 Å². The minimum absolute atomic E-state index is 0.0668. The molecule has 0 saturated carbocycles. The number of carbonyl (C=O) groups excluding carboxylic acids is 1. The Labute approximate surface area is 114 Å². The number of hydrogen-bond acceptors (Lipinski definition) is 5. The second-order valence-electron chi connectivity index (χ2n) is 3.65. The largest absolute Gasteiger partial charge is 0.477 e. The summed E-state index contributed by atoms with van der Waals surface area (Å²) in [5.74, 6) is 0.168. The molecule has 19 heavy (non-hydrogen) atoms. The fraction of sp³-hybridized carbons (Fsp3) is 0.154. The van der Waals surface area contributed by atoms with Gasteiger partial charge in [-0.3, -0.25) is 4.79 Å². The maximum Gasteiger partial charge on any atom is 0.275 e. The average molecular weight is 273 g/mol. The van der Waals surface area contributed by atoms with Gasteiger partial charge in [-0.1, -0.05) is 12.1 Å². The quantitative estimate of drug-likeness (QED) is 0.929. The molecule has 0 fully saturated rings. The van der Waals surface area contributed by atoms with Crippen LogP contribution in [0.5, 0.6) is 5.75 Å². The third-order valence-electron chi connectivity index (χ3n) is 2.28. The van der Waals surface area contributed by atoms with Crippen molar-refractivity contribution in [3.63, 3.8) is 0 Å². The average Bonchev–Trinajstić information content (AvgIpc) is 2.84. The Bertz CT molecular complexity index is 631. The summed E-state index contributed by atoms with van der Waals surface area (Å²) in [5, 5.41) is 13.8. The van der Waals surface area contributed by atoms with Crippen molar-refractivity contribution in [1.29, 1.82) is 5.26 Å². The van der Waals surface area contributed by atoms with Crippen molar-refractivity contribution < 1.29 is 9.53 Å². The Morgan fingerprint density at radius 2 is 2.32 bits per heavy atom. The summed E-state index contributed by atoms with van der Waals surface area (Å²) in [6, 6.07) is 8.84. The minimum Gasteiger partial charge on any atom is -0.477 e. The highest BCUT2D eigenvalue weighted by Crippen LogP contribution is 2.24. The van der Waals surface area contributed by atoms with Crippen LogP contribution >= 0.6 is 11.3 Å². The molecule has 1 aromatic carbocycles. The van der Waals surface area contributed by atoms with Crippen molar-refractivity contribution in [2.45, 2.75) is 6.92 Å². The molecule has 1 aromatic heterocycles. The first kappa shape index (κ1) is 13.1. The minimum atomic E-state index is -0.294. The van der Waals surface area contributed by atoms with E-state index < -0.39 is 0 Å². The van der Waals surface area contributed by atoms with Crippen molar-refractivity contribution in [3.05, 3.63) is 40.3 Å². The van der Waals surface area contributed by atoms with Gasteiger partial charge in [-0.25, -0.2) is 4.98 Å². The number of anilines is 1. The highest BCUT2D eigenvalue weighted by molar-refractivity contribution is 7.09. The lowest BCUT2D eigenvalue weighted by molar-refractivity contribution is 0.102. The summed E-state index contributed by atoms with van der Waals surface area (Å²) < 4.78 is 5.23. The molecule has 0 aliphatic rings. The lowest BCUT2D eigenvalue weighted by atomic mass is 10.3. The molecule has 0 unspecified atom stereocenters. The third kappa shape index (κ3) is 3.30. The molecule has 0 spiro atoms. The van der Waals surface area contributed by atoms with Gasteiger partial charge < -0.3 is 10.1 Å². The summed E-state index contributed by atoms with van der Waals surface area (Å²) >= 11 is 1.42. The van der Waals surface area contributed by atoms with Crippen LogP contribution in [0, 0.1) is 18.3 Å². The first-order chi connectivity index (χ1) is 9.20. The number of nitrogens with one attached hydrogen (secondary N) is 1. The van der Waals surface area contributed by atoms with Crippen LogP contribution in [0.15, 0.2) is 29.6 Å². The van der Waals surface area contributed by atoms with Crippen molar-refractivity contribution in [1.82, 2.24) is 4.98 Å². The van der Waals surface area contributed by atoms with Gasteiger partial charge in [0.25, 0.3) is 5.91 Å². The number of amides is 1. The number of aromatic nitrogens is 1. The van der Waals surface area contributed by atoms with E-state index in [0.29, 0.717) is 17.1 Å². The number of rotatable bonds is 4. The fourth-order valence-corrected chi connectivity index (χ4v) is 2.05. The Morgan fingerprint density at radius 3 is 3.00 bits per heavy atom. The van der Waals surface area contributed by atoms with E-state index in [-0.39, 0.29) is 12.5 Å². The predicted octanol–water partition coefficient (Wildman–Crippen LogP) is 2.61. The number of benzene rings is 1. The normalized spacial score (nSPS) is 9.68. The summed E-state index contributed by atoms with van der Waals surface area (Å²) in [6.07, 6.45) is 0. The monoisotopic (exact) mass is 273 g/mol. The Balaban J connectivity index is 2.14. The number of nitriles is 1. The van der Waals surface area contributed by atoms with E-state index in [1.807, 2.05) is 13.0 Å². The van der Waals surface area contributed by atoms with Crippen molar-refractivity contribution in [2.75, 3.05) is 11.9 Å². The van der Waals surface area contributed by atoms with Crippen molar-refractivity contribution in [3.8, 4) is 11.8 Å². The van der Waals surface area contributed by atoms with Gasteiger partial charge in [-0.2, -0.15) is 5.26 Å². The van der Waals surface area contributed by atoms with Crippen LogP contribution in [-0.4, -0.2) is 17.5 Å². The number of aryl methyl sites for hydroxylation is 1. The van der Waals surface area contributed by atoms with Crippen LogP contribution in [0.2, 0.25) is 0 Å². The Hall–Kier alpha value is -2.39. The Morgan fingerprint density at radius 1 is 1.53 bits per heavy atom. The molecule has 0 aliphatic heterocycles. The summed E-state index contributed by atoms with van der Waals surface area (Å²) in [4.78, 5) is 16.1. The van der Waals surface area contributed by atoms with Crippen molar-refractivity contribution in [2.24, 2.45) is 0 Å². The van der Waals surface area contributed by atoms with Gasteiger partial charge in [0.15, 0.2) is 6.61 Å². The van der Waals surface area contributed by atoms with Crippen molar-refractivity contribution >= 4 is 22.9 Å². The summed E-state index contributed by atoms with van der Waals surface area (Å²) in [7, 11) is 0. The molecule has 2 aromatic rings. The highest BCUT2D eigenvalue weighted by atomic mass is 32.1.